The molecule has 2 heterocycles. The van der Waals surface area contributed by atoms with Gasteiger partial charge in [0.05, 0.1) is 17.0 Å². The van der Waals surface area contributed by atoms with Gasteiger partial charge in [-0.1, -0.05) is 18.2 Å². The Morgan fingerprint density at radius 3 is 2.41 bits per heavy atom. The van der Waals surface area contributed by atoms with Gasteiger partial charge >= 0.3 is 6.01 Å². The molecule has 0 aliphatic carbocycles. The standard InChI is InChI=1S/C21H16F2N4O2/c1-26-19(18(20(28)27(26)2)13-6-8-14(22)9-7-13)17-10-11-24-21(25-17)29-16-5-3-4-15(23)12-16/h3-12H,1-2H3. The summed E-state index contributed by atoms with van der Waals surface area (Å²) in [5.74, 6) is -0.582. The summed E-state index contributed by atoms with van der Waals surface area (Å²) in [6.45, 7) is 0. The minimum absolute atomic E-state index is 0.00876. The van der Waals surface area contributed by atoms with E-state index in [-0.39, 0.29) is 17.3 Å². The van der Waals surface area contributed by atoms with Crippen LogP contribution in [0.1, 0.15) is 0 Å². The molecule has 0 amide bonds. The first-order valence-electron chi connectivity index (χ1n) is 8.73. The SMILES string of the molecule is Cn1c(-c2ccnc(Oc3cccc(F)c3)n2)c(-c2ccc(F)cc2)c(=O)n1C. The zero-order valence-corrected chi connectivity index (χ0v) is 15.6. The van der Waals surface area contributed by atoms with Crippen molar-refractivity contribution in [1.29, 1.82) is 0 Å². The van der Waals surface area contributed by atoms with E-state index in [2.05, 4.69) is 9.97 Å². The third kappa shape index (κ3) is 3.52. The highest BCUT2D eigenvalue weighted by atomic mass is 19.1. The molecule has 0 radical (unpaired) electrons. The van der Waals surface area contributed by atoms with E-state index in [0.717, 1.165) is 0 Å². The third-order valence-corrected chi connectivity index (χ3v) is 4.53. The van der Waals surface area contributed by atoms with E-state index < -0.39 is 11.6 Å². The summed E-state index contributed by atoms with van der Waals surface area (Å²) in [5, 5.41) is 0. The van der Waals surface area contributed by atoms with Crippen molar-refractivity contribution >= 4 is 0 Å². The summed E-state index contributed by atoms with van der Waals surface area (Å²) in [6.07, 6.45) is 1.49. The van der Waals surface area contributed by atoms with Crippen molar-refractivity contribution in [3.05, 3.63) is 82.8 Å². The predicted molar refractivity (Wildman–Crippen MR) is 104 cm³/mol. The molecular formula is C21H16F2N4O2. The lowest BCUT2D eigenvalue weighted by Crippen LogP contribution is -2.17. The third-order valence-electron chi connectivity index (χ3n) is 4.53. The fraction of sp³-hybridized carbons (Fsp3) is 0.0952. The summed E-state index contributed by atoms with van der Waals surface area (Å²) >= 11 is 0. The van der Waals surface area contributed by atoms with Crippen molar-refractivity contribution in [2.24, 2.45) is 14.1 Å². The number of halogens is 2. The Morgan fingerprint density at radius 1 is 0.931 bits per heavy atom. The Bertz CT molecular complexity index is 1250. The highest BCUT2D eigenvalue weighted by Gasteiger charge is 2.21. The number of hydrogen-bond donors (Lipinski definition) is 0. The summed E-state index contributed by atoms with van der Waals surface area (Å²) in [7, 11) is 3.35. The molecule has 8 heteroatoms. The van der Waals surface area contributed by atoms with Gasteiger partial charge in [-0.15, -0.1) is 0 Å². The van der Waals surface area contributed by atoms with Crippen LogP contribution >= 0.6 is 0 Å². The molecule has 0 unspecified atom stereocenters. The van der Waals surface area contributed by atoms with Crippen LogP contribution in [0, 0.1) is 11.6 Å². The van der Waals surface area contributed by atoms with Gasteiger partial charge in [-0.05, 0) is 35.9 Å². The first kappa shape index (κ1) is 18.5. The Hall–Kier alpha value is -3.81. The van der Waals surface area contributed by atoms with Crippen molar-refractivity contribution in [2.45, 2.75) is 0 Å². The van der Waals surface area contributed by atoms with Gasteiger partial charge in [-0.2, -0.15) is 4.98 Å². The van der Waals surface area contributed by atoms with Crippen LogP contribution in [-0.4, -0.2) is 19.3 Å². The molecule has 0 aliphatic rings. The van der Waals surface area contributed by atoms with E-state index in [4.69, 9.17) is 4.74 Å². The fourth-order valence-corrected chi connectivity index (χ4v) is 3.04. The van der Waals surface area contributed by atoms with Crippen molar-refractivity contribution in [2.75, 3.05) is 0 Å². The van der Waals surface area contributed by atoms with Crippen LogP contribution in [0.25, 0.3) is 22.5 Å². The average molecular weight is 394 g/mol. The lowest BCUT2D eigenvalue weighted by atomic mass is 10.0. The molecule has 2 aromatic carbocycles. The second-order valence-electron chi connectivity index (χ2n) is 6.37. The molecular weight excluding hydrogens is 378 g/mol. The molecule has 0 saturated heterocycles. The first-order chi connectivity index (χ1) is 13.9. The highest BCUT2D eigenvalue weighted by Crippen LogP contribution is 2.30. The highest BCUT2D eigenvalue weighted by molar-refractivity contribution is 5.79. The maximum Gasteiger partial charge on any atom is 0.322 e. The van der Waals surface area contributed by atoms with Gasteiger partial charge in [0.2, 0.25) is 0 Å². The van der Waals surface area contributed by atoms with Crippen LogP contribution in [0.15, 0.2) is 65.6 Å². The van der Waals surface area contributed by atoms with E-state index >= 15 is 0 Å². The molecule has 0 atom stereocenters. The number of benzene rings is 2. The Kier molecular flexibility index (Phi) is 4.67. The summed E-state index contributed by atoms with van der Waals surface area (Å²) in [4.78, 5) is 21.3. The van der Waals surface area contributed by atoms with Gasteiger partial charge < -0.3 is 4.74 Å². The molecule has 0 saturated carbocycles. The van der Waals surface area contributed by atoms with Crippen molar-refractivity contribution < 1.29 is 13.5 Å². The minimum atomic E-state index is -0.442. The Labute approximate surface area is 164 Å². The Morgan fingerprint density at radius 2 is 1.69 bits per heavy atom. The molecule has 146 valence electrons. The van der Waals surface area contributed by atoms with Gasteiger partial charge in [0.1, 0.15) is 17.4 Å². The van der Waals surface area contributed by atoms with E-state index in [1.165, 1.54) is 41.2 Å². The molecule has 6 nitrogen and oxygen atoms in total. The van der Waals surface area contributed by atoms with Crippen LogP contribution in [0.4, 0.5) is 8.78 Å². The van der Waals surface area contributed by atoms with Crippen molar-refractivity contribution in [3.8, 4) is 34.3 Å². The largest absolute Gasteiger partial charge is 0.424 e. The van der Waals surface area contributed by atoms with Crippen LogP contribution in [-0.2, 0) is 14.1 Å². The second-order valence-corrected chi connectivity index (χ2v) is 6.37. The topological polar surface area (TPSA) is 61.9 Å². The van der Waals surface area contributed by atoms with Gasteiger partial charge in [0.25, 0.3) is 5.56 Å². The van der Waals surface area contributed by atoms with Gasteiger partial charge in [-0.25, -0.2) is 13.8 Å². The smallest absolute Gasteiger partial charge is 0.322 e. The summed E-state index contributed by atoms with van der Waals surface area (Å²) in [5.41, 5.74) is 1.65. The molecule has 4 aromatic rings. The van der Waals surface area contributed by atoms with Gasteiger partial charge in [0.15, 0.2) is 0 Å². The molecule has 0 spiro atoms. The first-order valence-corrected chi connectivity index (χ1v) is 8.73. The number of hydrogen-bond acceptors (Lipinski definition) is 4. The molecule has 2 aromatic heterocycles. The van der Waals surface area contributed by atoms with E-state index in [1.807, 2.05) is 0 Å². The lowest BCUT2D eigenvalue weighted by Gasteiger charge is -2.09. The molecule has 4 rings (SSSR count). The van der Waals surface area contributed by atoms with Gasteiger partial charge in [-0.3, -0.25) is 14.2 Å². The van der Waals surface area contributed by atoms with Crippen molar-refractivity contribution in [3.63, 3.8) is 0 Å². The fourth-order valence-electron chi connectivity index (χ4n) is 3.04. The van der Waals surface area contributed by atoms with Crippen LogP contribution in [0.3, 0.4) is 0 Å². The Balaban J connectivity index is 1.82. The molecule has 0 bridgehead atoms. The van der Waals surface area contributed by atoms with Crippen LogP contribution in [0.2, 0.25) is 0 Å². The monoisotopic (exact) mass is 394 g/mol. The number of nitrogens with zero attached hydrogens (tertiary/aromatic N) is 4. The van der Waals surface area contributed by atoms with Crippen molar-refractivity contribution in [1.82, 2.24) is 19.3 Å². The second kappa shape index (κ2) is 7.31. The lowest BCUT2D eigenvalue weighted by molar-refractivity contribution is 0.438. The van der Waals surface area contributed by atoms with E-state index in [9.17, 15) is 13.6 Å². The zero-order chi connectivity index (χ0) is 20.5. The zero-order valence-electron chi connectivity index (χ0n) is 15.6. The van der Waals surface area contributed by atoms with E-state index in [0.29, 0.717) is 22.5 Å². The predicted octanol–water partition coefficient (Wildman–Crippen LogP) is 3.92. The number of ether oxygens (including phenoxy) is 1. The van der Waals surface area contributed by atoms with Gasteiger partial charge in [0, 0.05) is 26.4 Å². The van der Waals surface area contributed by atoms with Crippen LogP contribution in [0.5, 0.6) is 11.8 Å². The summed E-state index contributed by atoms with van der Waals surface area (Å²) in [6, 6.07) is 12.9. The average Bonchev–Trinajstić information content (AvgIpc) is 2.93. The minimum Gasteiger partial charge on any atom is -0.424 e. The molecule has 0 fully saturated rings. The molecule has 0 aliphatic heterocycles. The molecule has 0 N–H and O–H groups in total. The van der Waals surface area contributed by atoms with Crippen LogP contribution < -0.4 is 10.3 Å². The summed E-state index contributed by atoms with van der Waals surface area (Å²) < 4.78 is 35.4. The maximum absolute atomic E-state index is 13.4. The normalized spacial score (nSPS) is 10.9. The maximum atomic E-state index is 13.4. The number of rotatable bonds is 4. The molecule has 29 heavy (non-hydrogen) atoms. The quantitative estimate of drug-likeness (QED) is 0.526. The van der Waals surface area contributed by atoms with E-state index in [1.54, 1.807) is 43.0 Å². The number of aromatic nitrogens is 4.